The van der Waals surface area contributed by atoms with Gasteiger partial charge in [0.25, 0.3) is 5.91 Å². The third kappa shape index (κ3) is 4.65. The molecule has 2 aromatic carbocycles. The summed E-state index contributed by atoms with van der Waals surface area (Å²) in [7, 11) is 3.22. The van der Waals surface area contributed by atoms with E-state index in [1.165, 1.54) is 4.90 Å². The predicted octanol–water partition coefficient (Wildman–Crippen LogP) is 3.95. The SMILES string of the molecule is COc1ccc(-c2cc(NC(=O)CCCN3C(=O)NC4(CCCC4)C3=O)ccc2OC)cc1. The van der Waals surface area contributed by atoms with Gasteiger partial charge in [0.05, 0.1) is 14.2 Å². The third-order valence-corrected chi connectivity index (χ3v) is 6.37. The summed E-state index contributed by atoms with van der Waals surface area (Å²) >= 11 is 0. The summed E-state index contributed by atoms with van der Waals surface area (Å²) in [4.78, 5) is 38.7. The van der Waals surface area contributed by atoms with E-state index in [4.69, 9.17) is 9.47 Å². The Morgan fingerprint density at radius 3 is 2.45 bits per heavy atom. The van der Waals surface area contributed by atoms with Crippen molar-refractivity contribution in [2.75, 3.05) is 26.1 Å². The van der Waals surface area contributed by atoms with Crippen molar-refractivity contribution < 1.29 is 23.9 Å². The first-order valence-corrected chi connectivity index (χ1v) is 11.2. The predicted molar refractivity (Wildman–Crippen MR) is 124 cm³/mol. The van der Waals surface area contributed by atoms with Crippen LogP contribution in [0.1, 0.15) is 38.5 Å². The van der Waals surface area contributed by atoms with Crippen molar-refractivity contribution in [1.29, 1.82) is 0 Å². The van der Waals surface area contributed by atoms with Crippen LogP contribution in [0.4, 0.5) is 10.5 Å². The molecule has 1 saturated carbocycles. The molecule has 1 heterocycles. The minimum atomic E-state index is -0.708. The molecule has 1 saturated heterocycles. The van der Waals surface area contributed by atoms with Gasteiger partial charge in [-0.2, -0.15) is 0 Å². The van der Waals surface area contributed by atoms with Crippen LogP contribution in [0.25, 0.3) is 11.1 Å². The molecule has 2 aliphatic rings. The molecule has 2 aromatic rings. The van der Waals surface area contributed by atoms with Crippen LogP contribution in [-0.4, -0.2) is 49.0 Å². The summed E-state index contributed by atoms with van der Waals surface area (Å²) in [5.41, 5.74) is 1.72. The summed E-state index contributed by atoms with van der Waals surface area (Å²) in [5.74, 6) is 1.12. The molecule has 33 heavy (non-hydrogen) atoms. The average Bonchev–Trinajstić information content (AvgIpc) is 3.39. The molecule has 0 unspecified atom stereocenters. The number of methoxy groups -OCH3 is 2. The number of nitrogens with one attached hydrogen (secondary N) is 2. The van der Waals surface area contributed by atoms with Gasteiger partial charge < -0.3 is 20.1 Å². The zero-order valence-corrected chi connectivity index (χ0v) is 19.0. The van der Waals surface area contributed by atoms with Crippen molar-refractivity contribution >= 4 is 23.5 Å². The highest BCUT2D eigenvalue weighted by molar-refractivity contribution is 6.07. The maximum absolute atomic E-state index is 12.7. The van der Waals surface area contributed by atoms with E-state index in [1.807, 2.05) is 36.4 Å². The van der Waals surface area contributed by atoms with Crippen LogP contribution in [-0.2, 0) is 9.59 Å². The molecule has 0 atom stereocenters. The first-order valence-electron chi connectivity index (χ1n) is 11.2. The smallest absolute Gasteiger partial charge is 0.325 e. The molecule has 1 aliphatic heterocycles. The van der Waals surface area contributed by atoms with Crippen LogP contribution in [0.3, 0.4) is 0 Å². The van der Waals surface area contributed by atoms with Gasteiger partial charge in [-0.05, 0) is 55.2 Å². The molecule has 0 aromatic heterocycles. The summed E-state index contributed by atoms with van der Waals surface area (Å²) < 4.78 is 10.7. The van der Waals surface area contributed by atoms with Crippen molar-refractivity contribution in [3.8, 4) is 22.6 Å². The van der Waals surface area contributed by atoms with Crippen LogP contribution in [0.15, 0.2) is 42.5 Å². The number of carbonyl (C=O) groups is 3. The van der Waals surface area contributed by atoms with E-state index < -0.39 is 5.54 Å². The van der Waals surface area contributed by atoms with Crippen LogP contribution < -0.4 is 20.1 Å². The number of benzene rings is 2. The van der Waals surface area contributed by atoms with Crippen molar-refractivity contribution in [2.24, 2.45) is 0 Å². The van der Waals surface area contributed by atoms with E-state index in [2.05, 4.69) is 10.6 Å². The number of nitrogens with zero attached hydrogens (tertiary/aromatic N) is 1. The van der Waals surface area contributed by atoms with E-state index in [9.17, 15) is 14.4 Å². The van der Waals surface area contributed by atoms with E-state index in [0.717, 1.165) is 29.7 Å². The minimum Gasteiger partial charge on any atom is -0.497 e. The highest BCUT2D eigenvalue weighted by atomic mass is 16.5. The zero-order valence-electron chi connectivity index (χ0n) is 19.0. The first kappa shape index (κ1) is 22.6. The second-order valence-corrected chi connectivity index (χ2v) is 8.47. The summed E-state index contributed by atoms with van der Waals surface area (Å²) in [6.45, 7) is 0.236. The Labute approximate surface area is 193 Å². The Morgan fingerprint density at radius 1 is 1.06 bits per heavy atom. The maximum Gasteiger partial charge on any atom is 0.325 e. The standard InChI is InChI=1S/C25H29N3O5/c1-32-19-10-7-17(8-11-19)20-16-18(9-12-21(20)33-2)26-22(29)6-5-15-28-23(30)25(27-24(28)31)13-3-4-14-25/h7-12,16H,3-6,13-15H2,1-2H3,(H,26,29)(H,27,31). The highest BCUT2D eigenvalue weighted by Gasteiger charge is 2.52. The molecule has 174 valence electrons. The van der Waals surface area contributed by atoms with Gasteiger partial charge in [-0.15, -0.1) is 0 Å². The summed E-state index contributed by atoms with van der Waals surface area (Å²) in [5, 5.41) is 5.76. The Kier molecular flexibility index (Phi) is 6.53. The Morgan fingerprint density at radius 2 is 1.79 bits per heavy atom. The molecule has 1 aliphatic carbocycles. The topological polar surface area (TPSA) is 97.0 Å². The van der Waals surface area contributed by atoms with Crippen LogP contribution in [0.2, 0.25) is 0 Å². The Balaban J connectivity index is 1.35. The molecular formula is C25H29N3O5. The van der Waals surface area contributed by atoms with Gasteiger partial charge in [0, 0.05) is 24.2 Å². The lowest BCUT2D eigenvalue weighted by Crippen LogP contribution is -2.44. The molecule has 8 heteroatoms. The summed E-state index contributed by atoms with van der Waals surface area (Å²) in [6, 6.07) is 12.7. The number of hydrogen-bond acceptors (Lipinski definition) is 5. The van der Waals surface area contributed by atoms with Crippen molar-refractivity contribution in [3.63, 3.8) is 0 Å². The van der Waals surface area contributed by atoms with Crippen LogP contribution in [0.5, 0.6) is 11.5 Å². The molecule has 4 rings (SSSR count). The van der Waals surface area contributed by atoms with Crippen molar-refractivity contribution in [2.45, 2.75) is 44.1 Å². The molecule has 2 fully saturated rings. The number of imide groups is 1. The number of rotatable bonds is 8. The number of amides is 4. The van der Waals surface area contributed by atoms with Gasteiger partial charge in [0.1, 0.15) is 17.0 Å². The molecule has 2 N–H and O–H groups in total. The fourth-order valence-corrected chi connectivity index (χ4v) is 4.60. The summed E-state index contributed by atoms with van der Waals surface area (Å²) in [6.07, 6.45) is 3.90. The van der Waals surface area contributed by atoms with Crippen LogP contribution >= 0.6 is 0 Å². The molecule has 0 bridgehead atoms. The lowest BCUT2D eigenvalue weighted by molar-refractivity contribution is -0.131. The molecule has 8 nitrogen and oxygen atoms in total. The zero-order chi connectivity index (χ0) is 23.4. The van der Waals surface area contributed by atoms with Crippen molar-refractivity contribution in [3.05, 3.63) is 42.5 Å². The number of hydrogen-bond donors (Lipinski definition) is 2. The molecule has 4 amide bonds. The highest BCUT2D eigenvalue weighted by Crippen LogP contribution is 2.35. The monoisotopic (exact) mass is 451 g/mol. The van der Waals surface area contributed by atoms with E-state index in [0.29, 0.717) is 30.7 Å². The van der Waals surface area contributed by atoms with E-state index in [-0.39, 0.29) is 30.8 Å². The lowest BCUT2D eigenvalue weighted by atomic mass is 9.98. The number of ether oxygens (including phenoxy) is 2. The van der Waals surface area contributed by atoms with E-state index >= 15 is 0 Å². The fourth-order valence-electron chi connectivity index (χ4n) is 4.60. The van der Waals surface area contributed by atoms with Gasteiger partial charge in [-0.1, -0.05) is 25.0 Å². The minimum absolute atomic E-state index is 0.148. The second-order valence-electron chi connectivity index (χ2n) is 8.47. The van der Waals surface area contributed by atoms with Crippen LogP contribution in [0, 0.1) is 0 Å². The molecule has 1 spiro atoms. The van der Waals surface area contributed by atoms with Gasteiger partial charge in [0.2, 0.25) is 5.91 Å². The number of anilines is 1. The molecular weight excluding hydrogens is 422 g/mol. The Bertz CT molecular complexity index is 1040. The number of urea groups is 1. The average molecular weight is 452 g/mol. The van der Waals surface area contributed by atoms with Crippen molar-refractivity contribution in [1.82, 2.24) is 10.2 Å². The molecule has 0 radical (unpaired) electrons. The quantitative estimate of drug-likeness (QED) is 0.593. The third-order valence-electron chi connectivity index (χ3n) is 6.37. The maximum atomic E-state index is 12.7. The van der Waals surface area contributed by atoms with Gasteiger partial charge in [-0.25, -0.2) is 4.79 Å². The fraction of sp³-hybridized carbons (Fsp3) is 0.400. The lowest BCUT2D eigenvalue weighted by Gasteiger charge is -2.19. The normalized spacial score (nSPS) is 16.7. The van der Waals surface area contributed by atoms with Gasteiger partial charge >= 0.3 is 6.03 Å². The van der Waals surface area contributed by atoms with Gasteiger partial charge in [0.15, 0.2) is 0 Å². The second kappa shape index (κ2) is 9.52. The largest absolute Gasteiger partial charge is 0.497 e. The van der Waals surface area contributed by atoms with Gasteiger partial charge in [-0.3, -0.25) is 14.5 Å². The number of carbonyl (C=O) groups excluding carboxylic acids is 3. The van der Waals surface area contributed by atoms with E-state index in [1.54, 1.807) is 20.3 Å². The first-order chi connectivity index (χ1) is 16.0. The Hall–Kier alpha value is -3.55.